The van der Waals surface area contributed by atoms with Gasteiger partial charge in [0, 0.05) is 17.1 Å². The number of aromatic amines is 1. The van der Waals surface area contributed by atoms with Gasteiger partial charge in [0.15, 0.2) is 5.69 Å². The third-order valence-corrected chi connectivity index (χ3v) is 2.59. The summed E-state index contributed by atoms with van der Waals surface area (Å²) in [6.45, 7) is 1.94. The largest absolute Gasteiger partial charge is 0.476 e. The van der Waals surface area contributed by atoms with Crippen LogP contribution in [0.5, 0.6) is 0 Å². The van der Waals surface area contributed by atoms with Crippen molar-refractivity contribution < 1.29 is 9.90 Å². The second kappa shape index (κ2) is 3.22. The van der Waals surface area contributed by atoms with Crippen LogP contribution in [0.3, 0.4) is 0 Å². The Morgan fingerprint density at radius 2 is 2.43 bits per heavy atom. The second-order valence-electron chi connectivity index (χ2n) is 2.75. The van der Waals surface area contributed by atoms with Crippen LogP contribution in [0, 0.1) is 6.92 Å². The van der Waals surface area contributed by atoms with E-state index in [4.69, 9.17) is 5.11 Å². The summed E-state index contributed by atoms with van der Waals surface area (Å²) in [5, 5.41) is 15.7. The Bertz CT molecular complexity index is 474. The van der Waals surface area contributed by atoms with Crippen LogP contribution in [0.15, 0.2) is 12.3 Å². The quantitative estimate of drug-likeness (QED) is 0.786. The zero-order valence-corrected chi connectivity index (χ0v) is 8.13. The molecule has 0 atom stereocenters. The van der Waals surface area contributed by atoms with Crippen LogP contribution in [0.4, 0.5) is 0 Å². The maximum atomic E-state index is 10.6. The molecular formula is C8H7N3O2S. The van der Waals surface area contributed by atoms with Crippen molar-refractivity contribution in [3.8, 4) is 10.7 Å². The summed E-state index contributed by atoms with van der Waals surface area (Å²) >= 11 is 1.49. The van der Waals surface area contributed by atoms with E-state index < -0.39 is 5.97 Å². The molecule has 2 aromatic rings. The number of carboxylic acid groups (broad SMARTS) is 1. The Hall–Kier alpha value is -1.69. The number of aromatic carboxylic acids is 1. The molecule has 0 radical (unpaired) electrons. The molecule has 2 rings (SSSR count). The molecule has 0 bridgehead atoms. The summed E-state index contributed by atoms with van der Waals surface area (Å²) < 4.78 is 0. The van der Waals surface area contributed by atoms with Crippen LogP contribution in [-0.4, -0.2) is 26.3 Å². The average molecular weight is 209 g/mol. The molecule has 2 N–H and O–H groups in total. The minimum Gasteiger partial charge on any atom is -0.476 e. The third-order valence-electron chi connectivity index (χ3n) is 1.65. The number of carboxylic acids is 1. The van der Waals surface area contributed by atoms with E-state index in [1.54, 1.807) is 6.20 Å². The van der Waals surface area contributed by atoms with Crippen molar-refractivity contribution in [2.45, 2.75) is 6.92 Å². The van der Waals surface area contributed by atoms with Gasteiger partial charge in [0.05, 0.1) is 5.69 Å². The van der Waals surface area contributed by atoms with Gasteiger partial charge in [0.2, 0.25) is 0 Å². The minimum atomic E-state index is -1.04. The SMILES string of the molecule is Cc1cnc(-c2cc(C(=O)O)n[nH]2)s1. The van der Waals surface area contributed by atoms with Gasteiger partial charge in [-0.05, 0) is 6.92 Å². The first kappa shape index (κ1) is 8.89. The predicted octanol–water partition coefficient (Wildman–Crippen LogP) is 1.54. The van der Waals surface area contributed by atoms with Crippen molar-refractivity contribution in [2.75, 3.05) is 0 Å². The smallest absolute Gasteiger partial charge is 0.356 e. The van der Waals surface area contributed by atoms with Gasteiger partial charge in [-0.2, -0.15) is 5.10 Å². The maximum Gasteiger partial charge on any atom is 0.356 e. The predicted molar refractivity (Wildman–Crippen MR) is 51.4 cm³/mol. The van der Waals surface area contributed by atoms with E-state index in [1.165, 1.54) is 17.4 Å². The van der Waals surface area contributed by atoms with E-state index in [1.807, 2.05) is 6.92 Å². The van der Waals surface area contributed by atoms with Gasteiger partial charge in [0.1, 0.15) is 5.01 Å². The Morgan fingerprint density at radius 3 is 2.93 bits per heavy atom. The van der Waals surface area contributed by atoms with E-state index in [0.29, 0.717) is 5.69 Å². The highest BCUT2D eigenvalue weighted by molar-refractivity contribution is 7.14. The summed E-state index contributed by atoms with van der Waals surface area (Å²) in [5.41, 5.74) is 0.647. The Morgan fingerprint density at radius 1 is 1.64 bits per heavy atom. The molecule has 72 valence electrons. The molecule has 0 aliphatic rings. The van der Waals surface area contributed by atoms with Crippen LogP contribution in [0.2, 0.25) is 0 Å². The zero-order chi connectivity index (χ0) is 10.1. The molecule has 2 heterocycles. The molecule has 0 amide bonds. The van der Waals surface area contributed by atoms with E-state index in [2.05, 4.69) is 15.2 Å². The summed E-state index contributed by atoms with van der Waals surface area (Å²) in [6.07, 6.45) is 1.74. The molecule has 0 aliphatic heterocycles. The first-order valence-corrected chi connectivity index (χ1v) is 4.70. The van der Waals surface area contributed by atoms with Gasteiger partial charge in [-0.25, -0.2) is 9.78 Å². The Balaban J connectivity index is 2.38. The van der Waals surface area contributed by atoms with Crippen LogP contribution in [-0.2, 0) is 0 Å². The molecule has 0 aliphatic carbocycles. The van der Waals surface area contributed by atoms with Gasteiger partial charge in [-0.15, -0.1) is 11.3 Å². The monoisotopic (exact) mass is 209 g/mol. The summed E-state index contributed by atoms with van der Waals surface area (Å²) in [5.74, 6) is -1.04. The van der Waals surface area contributed by atoms with E-state index in [-0.39, 0.29) is 5.69 Å². The third kappa shape index (κ3) is 1.51. The van der Waals surface area contributed by atoms with Crippen LogP contribution in [0.25, 0.3) is 10.7 Å². The number of nitrogens with zero attached hydrogens (tertiary/aromatic N) is 2. The fourth-order valence-corrected chi connectivity index (χ4v) is 1.75. The number of aryl methyl sites for hydroxylation is 1. The zero-order valence-electron chi connectivity index (χ0n) is 7.31. The highest BCUT2D eigenvalue weighted by atomic mass is 32.1. The number of hydrogen-bond acceptors (Lipinski definition) is 4. The van der Waals surface area contributed by atoms with E-state index >= 15 is 0 Å². The van der Waals surface area contributed by atoms with E-state index in [0.717, 1.165) is 9.88 Å². The summed E-state index contributed by atoms with van der Waals surface area (Å²) in [6, 6.07) is 1.47. The number of nitrogens with one attached hydrogen (secondary N) is 1. The molecule has 0 aromatic carbocycles. The maximum absolute atomic E-state index is 10.6. The first-order valence-electron chi connectivity index (χ1n) is 3.88. The van der Waals surface area contributed by atoms with Gasteiger partial charge < -0.3 is 5.11 Å². The van der Waals surface area contributed by atoms with Crippen molar-refractivity contribution in [3.05, 3.63) is 22.8 Å². The second-order valence-corrected chi connectivity index (χ2v) is 3.98. The van der Waals surface area contributed by atoms with Gasteiger partial charge in [-0.3, -0.25) is 5.10 Å². The van der Waals surface area contributed by atoms with Crippen molar-refractivity contribution in [1.82, 2.24) is 15.2 Å². The summed E-state index contributed by atoms with van der Waals surface area (Å²) in [7, 11) is 0. The molecule has 14 heavy (non-hydrogen) atoms. The standard InChI is InChI=1S/C8H7N3O2S/c1-4-3-9-7(14-4)5-2-6(8(12)13)11-10-5/h2-3H,1H3,(H,10,11)(H,12,13). The number of rotatable bonds is 2. The van der Waals surface area contributed by atoms with Crippen molar-refractivity contribution in [2.24, 2.45) is 0 Å². The molecule has 5 nitrogen and oxygen atoms in total. The number of H-pyrrole nitrogens is 1. The highest BCUT2D eigenvalue weighted by Crippen LogP contribution is 2.22. The van der Waals surface area contributed by atoms with Gasteiger partial charge in [-0.1, -0.05) is 0 Å². The lowest BCUT2D eigenvalue weighted by atomic mass is 10.4. The van der Waals surface area contributed by atoms with Gasteiger partial charge in [0.25, 0.3) is 0 Å². The van der Waals surface area contributed by atoms with E-state index in [9.17, 15) is 4.79 Å². The number of thiazole rings is 1. The van der Waals surface area contributed by atoms with Gasteiger partial charge >= 0.3 is 5.97 Å². The number of hydrogen-bond donors (Lipinski definition) is 2. The van der Waals surface area contributed by atoms with Crippen molar-refractivity contribution in [1.29, 1.82) is 0 Å². The van der Waals surface area contributed by atoms with Crippen molar-refractivity contribution in [3.63, 3.8) is 0 Å². The number of carbonyl (C=O) groups is 1. The molecule has 2 aromatic heterocycles. The highest BCUT2D eigenvalue weighted by Gasteiger charge is 2.11. The summed E-state index contributed by atoms with van der Waals surface area (Å²) in [4.78, 5) is 15.7. The lowest BCUT2D eigenvalue weighted by Gasteiger charge is -1.84. The normalized spacial score (nSPS) is 10.4. The fraction of sp³-hybridized carbons (Fsp3) is 0.125. The number of aromatic nitrogens is 3. The lowest BCUT2D eigenvalue weighted by Crippen LogP contribution is -1.95. The van der Waals surface area contributed by atoms with Crippen LogP contribution in [0.1, 0.15) is 15.4 Å². The Kier molecular flexibility index (Phi) is 2.05. The molecule has 0 saturated carbocycles. The Labute approximate surface area is 83.4 Å². The molecule has 0 spiro atoms. The molecule has 0 unspecified atom stereocenters. The molecule has 0 saturated heterocycles. The van der Waals surface area contributed by atoms with Crippen LogP contribution < -0.4 is 0 Å². The minimum absolute atomic E-state index is 0.00727. The molecule has 0 fully saturated rings. The fourth-order valence-electron chi connectivity index (χ4n) is 1.02. The first-order chi connectivity index (χ1) is 6.66. The topological polar surface area (TPSA) is 78.9 Å². The molecule has 6 heteroatoms. The van der Waals surface area contributed by atoms with Crippen LogP contribution >= 0.6 is 11.3 Å². The lowest BCUT2D eigenvalue weighted by molar-refractivity contribution is 0.0690. The van der Waals surface area contributed by atoms with Crippen molar-refractivity contribution >= 4 is 17.3 Å². The average Bonchev–Trinajstić information content (AvgIpc) is 2.70. The molecular weight excluding hydrogens is 202 g/mol.